The zero-order valence-corrected chi connectivity index (χ0v) is 23.3. The molecule has 0 spiro atoms. The van der Waals surface area contributed by atoms with Crippen molar-refractivity contribution in [2.24, 2.45) is 0 Å². The van der Waals surface area contributed by atoms with Crippen molar-refractivity contribution in [2.45, 2.75) is 64.4 Å². The summed E-state index contributed by atoms with van der Waals surface area (Å²) in [5, 5.41) is 0. The van der Waals surface area contributed by atoms with Crippen LogP contribution in [0.1, 0.15) is 57.4 Å². The number of unbranched alkanes of at least 4 members (excludes halogenated alkanes) is 6. The smallest absolute Gasteiger partial charge is 0.432 e. The van der Waals surface area contributed by atoms with Gasteiger partial charge < -0.3 is 37.9 Å². The minimum absolute atomic E-state index is 0.311. The highest BCUT2D eigenvalue weighted by Gasteiger charge is 2.44. The fourth-order valence-electron chi connectivity index (χ4n) is 3.35. The van der Waals surface area contributed by atoms with Gasteiger partial charge in [-0.25, -0.2) is 4.79 Å². The molecule has 1 aromatic carbocycles. The van der Waals surface area contributed by atoms with E-state index in [1.54, 1.807) is 12.1 Å². The van der Waals surface area contributed by atoms with Crippen LogP contribution < -0.4 is 4.74 Å². The molecule has 1 aromatic rings. The summed E-state index contributed by atoms with van der Waals surface area (Å²) in [4.78, 5) is 13.1. The molecule has 0 N–H and O–H groups in total. The van der Waals surface area contributed by atoms with Crippen LogP contribution in [0.15, 0.2) is 113 Å². The summed E-state index contributed by atoms with van der Waals surface area (Å²) in [5.41, 5.74) is 1.18. The van der Waals surface area contributed by atoms with Crippen LogP contribution in [-0.2, 0) is 44.4 Å². The Kier molecular flexibility index (Phi) is 16.4. The number of hydrogen-bond donors (Lipinski definition) is 0. The number of aryl methyl sites for hydroxylation is 1. The Morgan fingerprint density at radius 3 is 1.80 bits per heavy atom. The molecular weight excluding hydrogens is 516 g/mol. The van der Waals surface area contributed by atoms with Gasteiger partial charge in [0, 0.05) is 0 Å². The van der Waals surface area contributed by atoms with Crippen LogP contribution in [0.5, 0.6) is 5.75 Å². The maximum absolute atomic E-state index is 13.1. The predicted molar refractivity (Wildman–Crippen MR) is 151 cm³/mol. The van der Waals surface area contributed by atoms with Crippen LogP contribution in [0, 0.1) is 0 Å². The molecule has 0 heterocycles. The molecule has 0 aliphatic heterocycles. The number of ether oxygens (including phenoxy) is 8. The van der Waals surface area contributed by atoms with Crippen LogP contribution in [0.4, 0.5) is 0 Å². The summed E-state index contributed by atoms with van der Waals surface area (Å²) in [5.74, 6) is -2.31. The Morgan fingerprint density at radius 1 is 0.775 bits per heavy atom. The third-order valence-corrected chi connectivity index (χ3v) is 5.09. The summed E-state index contributed by atoms with van der Waals surface area (Å²) < 4.78 is 41.9. The van der Waals surface area contributed by atoms with Gasteiger partial charge in [-0.15, -0.1) is 0 Å². The maximum Gasteiger partial charge on any atom is 0.611 e. The summed E-state index contributed by atoms with van der Waals surface area (Å²) >= 11 is 0. The van der Waals surface area contributed by atoms with Gasteiger partial charge in [-0.3, -0.25) is 0 Å². The second-order valence-corrected chi connectivity index (χ2v) is 8.02. The van der Waals surface area contributed by atoms with Crippen molar-refractivity contribution < 1.29 is 42.7 Å². The molecule has 1 rings (SSSR count). The standard InChI is InChI=1S/C31H40O9/c1-8-14-15-16-17-18-19-20-26-21-23-27(24-22-26)38-25(7)39-28(30(33-9-2)34-10-3)29(32)40-31(35-11-4,36-12-5)37-13-6/h9-13,21-24H,2-8,14-20H2,1H3. The van der Waals surface area contributed by atoms with E-state index in [1.165, 1.54) is 44.1 Å². The van der Waals surface area contributed by atoms with E-state index in [2.05, 4.69) is 46.4 Å². The highest BCUT2D eigenvalue weighted by molar-refractivity contribution is 5.86. The third kappa shape index (κ3) is 12.3. The lowest BCUT2D eigenvalue weighted by molar-refractivity contribution is -0.435. The van der Waals surface area contributed by atoms with Crippen LogP contribution in [0.3, 0.4) is 0 Å². The summed E-state index contributed by atoms with van der Waals surface area (Å²) in [6.45, 7) is 23.0. The van der Waals surface area contributed by atoms with Crippen LogP contribution in [0.2, 0.25) is 0 Å². The van der Waals surface area contributed by atoms with E-state index in [0.717, 1.165) is 44.2 Å². The van der Waals surface area contributed by atoms with Gasteiger partial charge in [-0.1, -0.05) is 90.5 Å². The first-order valence-corrected chi connectivity index (χ1v) is 12.9. The fraction of sp³-hybridized carbons (Fsp3) is 0.323. The monoisotopic (exact) mass is 556 g/mol. The molecule has 0 aromatic heterocycles. The van der Waals surface area contributed by atoms with Crippen molar-refractivity contribution in [3.05, 3.63) is 118 Å². The van der Waals surface area contributed by atoms with Gasteiger partial charge in [-0.2, -0.15) is 0 Å². The molecule has 9 nitrogen and oxygen atoms in total. The SMILES string of the molecule is C=COC(OC=C)=C(OC(=C)Oc1ccc(CCCCCCCCC)cc1)C(=O)OC(OC=C)(OC=C)OC=C. The van der Waals surface area contributed by atoms with Gasteiger partial charge in [-0.05, 0) is 37.1 Å². The van der Waals surface area contributed by atoms with Gasteiger partial charge in [0.2, 0.25) is 0 Å². The number of esters is 1. The minimum Gasteiger partial charge on any atom is -0.432 e. The summed E-state index contributed by atoms with van der Waals surface area (Å²) in [6, 6.07) is 7.45. The lowest BCUT2D eigenvalue weighted by Gasteiger charge is -2.27. The number of hydrogen-bond acceptors (Lipinski definition) is 9. The van der Waals surface area contributed by atoms with Crippen LogP contribution in [0.25, 0.3) is 0 Å². The largest absolute Gasteiger partial charge is 0.611 e. The number of carbonyl (C=O) groups is 1. The highest BCUT2D eigenvalue weighted by Crippen LogP contribution is 2.25. The molecule has 0 aliphatic carbocycles. The number of benzene rings is 1. The quantitative estimate of drug-likeness (QED) is 0.0413. The molecule has 9 heteroatoms. The molecule has 0 saturated heterocycles. The average molecular weight is 557 g/mol. The Balaban J connectivity index is 2.96. The normalized spacial score (nSPS) is 10.1. The van der Waals surface area contributed by atoms with E-state index in [4.69, 9.17) is 37.9 Å². The van der Waals surface area contributed by atoms with Crippen LogP contribution >= 0.6 is 0 Å². The first-order chi connectivity index (χ1) is 19.4. The van der Waals surface area contributed by atoms with E-state index in [-0.39, 0.29) is 5.95 Å². The summed E-state index contributed by atoms with van der Waals surface area (Å²) in [6.07, 6.45) is 11.9. The lowest BCUT2D eigenvalue weighted by Crippen LogP contribution is -2.41. The van der Waals surface area contributed by atoms with E-state index in [0.29, 0.717) is 5.75 Å². The first-order valence-electron chi connectivity index (χ1n) is 12.9. The Hall–Kier alpha value is -4.53. The second kappa shape index (κ2) is 19.5. The molecule has 0 radical (unpaired) electrons. The average Bonchev–Trinajstić information content (AvgIpc) is 2.92. The first kappa shape index (κ1) is 33.5. The topological polar surface area (TPSA) is 90.9 Å². The predicted octanol–water partition coefficient (Wildman–Crippen LogP) is 7.97. The van der Waals surface area contributed by atoms with Crippen molar-refractivity contribution in [1.82, 2.24) is 0 Å². The van der Waals surface area contributed by atoms with Crippen LogP contribution in [-0.4, -0.2) is 12.1 Å². The summed E-state index contributed by atoms with van der Waals surface area (Å²) in [7, 11) is 0. The van der Waals surface area contributed by atoms with Gasteiger partial charge in [0.1, 0.15) is 5.75 Å². The lowest BCUT2D eigenvalue weighted by atomic mass is 10.0. The molecule has 218 valence electrons. The van der Waals surface area contributed by atoms with Gasteiger partial charge >= 0.3 is 18.1 Å². The Morgan fingerprint density at radius 2 is 1.30 bits per heavy atom. The van der Waals surface area contributed by atoms with Crippen molar-refractivity contribution in [3.8, 4) is 5.75 Å². The number of carbonyl (C=O) groups excluding carboxylic acids is 1. The molecular formula is C31H40O9. The van der Waals surface area contributed by atoms with E-state index >= 15 is 0 Å². The number of rotatable bonds is 24. The Bertz CT molecular complexity index is 970. The zero-order chi connectivity index (χ0) is 29.6. The third-order valence-electron chi connectivity index (χ3n) is 5.09. The molecule has 40 heavy (non-hydrogen) atoms. The highest BCUT2D eigenvalue weighted by atomic mass is 17.0. The molecule has 0 aliphatic rings. The van der Waals surface area contributed by atoms with E-state index in [1.807, 2.05) is 12.1 Å². The fourth-order valence-corrected chi connectivity index (χ4v) is 3.35. The van der Waals surface area contributed by atoms with E-state index in [9.17, 15) is 4.79 Å². The van der Waals surface area contributed by atoms with Gasteiger partial charge in [0.05, 0.1) is 31.3 Å². The molecule has 0 atom stereocenters. The van der Waals surface area contributed by atoms with Crippen molar-refractivity contribution in [1.29, 1.82) is 0 Å². The Labute approximate surface area is 237 Å². The van der Waals surface area contributed by atoms with Gasteiger partial charge in [0.15, 0.2) is 0 Å². The van der Waals surface area contributed by atoms with Crippen molar-refractivity contribution in [2.75, 3.05) is 0 Å². The molecule has 0 fully saturated rings. The van der Waals surface area contributed by atoms with Crippen molar-refractivity contribution in [3.63, 3.8) is 0 Å². The second-order valence-electron chi connectivity index (χ2n) is 8.02. The zero-order valence-electron chi connectivity index (χ0n) is 23.3. The van der Waals surface area contributed by atoms with E-state index < -0.39 is 23.8 Å². The maximum atomic E-state index is 13.1. The van der Waals surface area contributed by atoms with Crippen molar-refractivity contribution >= 4 is 5.97 Å². The minimum atomic E-state index is -2.47. The molecule has 0 saturated carbocycles. The van der Waals surface area contributed by atoms with Gasteiger partial charge in [0.25, 0.3) is 11.7 Å². The molecule has 0 unspecified atom stereocenters. The molecule has 0 bridgehead atoms. The molecule has 0 amide bonds.